The first-order valence-electron chi connectivity index (χ1n) is 12.9. The van der Waals surface area contributed by atoms with E-state index in [0.29, 0.717) is 5.56 Å². The standard InChI is InChI=1S/C26H32N2O14/c1-2-20(32)40-13-14-3-4-15(41-26-23(35)21(33)22(34)24(42-26)25(36)37)11-16(14)39-10-9-38-8-7-27-17(29)12-28-18(30)5-6-19(28)31/h3-6,11,21-24,26,33-35H,2,7-10,12-13H2,1H3,(H,27,29)(H,36,37)/t21-,22-,23+,24-,26+/m0/s1. The molecule has 1 aromatic carbocycles. The lowest BCUT2D eigenvalue weighted by Gasteiger charge is -2.38. The van der Waals surface area contributed by atoms with E-state index in [4.69, 9.17) is 23.7 Å². The molecule has 1 fully saturated rings. The zero-order valence-corrected chi connectivity index (χ0v) is 22.5. The Labute approximate surface area is 239 Å². The van der Waals surface area contributed by atoms with Crippen molar-refractivity contribution in [1.29, 1.82) is 0 Å². The highest BCUT2D eigenvalue weighted by molar-refractivity contribution is 6.14. The van der Waals surface area contributed by atoms with Crippen LogP contribution in [0.3, 0.4) is 0 Å². The molecular weight excluding hydrogens is 564 g/mol. The SMILES string of the molecule is CCC(=O)OCc1ccc(O[C@@H]2O[C@H](C(=O)O)[C@@H](O)[C@H](O)[C@H]2O)cc1OCCOCCNC(=O)CN1C(=O)C=CC1=O. The summed E-state index contributed by atoms with van der Waals surface area (Å²) in [6.07, 6.45) is -6.67. The number of ether oxygens (including phenoxy) is 5. The van der Waals surface area contributed by atoms with Crippen LogP contribution < -0.4 is 14.8 Å². The van der Waals surface area contributed by atoms with Crippen molar-refractivity contribution in [1.82, 2.24) is 10.2 Å². The largest absolute Gasteiger partial charge is 0.491 e. The van der Waals surface area contributed by atoms with E-state index in [1.807, 2.05) is 0 Å². The maximum atomic E-state index is 11.9. The number of hydrogen-bond acceptors (Lipinski definition) is 13. The fourth-order valence-corrected chi connectivity index (χ4v) is 3.77. The van der Waals surface area contributed by atoms with Crippen LogP contribution in [0.15, 0.2) is 30.4 Å². The first-order chi connectivity index (χ1) is 20.0. The molecule has 230 valence electrons. The number of benzene rings is 1. The van der Waals surface area contributed by atoms with Crippen molar-refractivity contribution in [2.45, 2.75) is 50.7 Å². The number of carboxylic acids is 1. The van der Waals surface area contributed by atoms with E-state index in [-0.39, 0.29) is 50.9 Å². The predicted octanol–water partition coefficient (Wildman–Crippen LogP) is -2.15. The number of hydrogen-bond donors (Lipinski definition) is 5. The number of carbonyl (C=O) groups excluding carboxylic acids is 4. The number of esters is 1. The third-order valence-corrected chi connectivity index (χ3v) is 6.04. The van der Waals surface area contributed by atoms with Gasteiger partial charge in [-0.15, -0.1) is 0 Å². The summed E-state index contributed by atoms with van der Waals surface area (Å²) in [5.41, 5.74) is 0.445. The highest BCUT2D eigenvalue weighted by Gasteiger charge is 2.48. The van der Waals surface area contributed by atoms with Crippen LogP contribution in [0.4, 0.5) is 0 Å². The first-order valence-corrected chi connectivity index (χ1v) is 12.9. The Kier molecular flexibility index (Phi) is 11.8. The average molecular weight is 597 g/mol. The molecule has 3 amide bonds. The number of imide groups is 1. The molecule has 0 bridgehead atoms. The van der Waals surface area contributed by atoms with Crippen LogP contribution in [0.2, 0.25) is 0 Å². The number of nitrogens with one attached hydrogen (secondary N) is 1. The van der Waals surface area contributed by atoms with Gasteiger partial charge in [0.2, 0.25) is 12.2 Å². The van der Waals surface area contributed by atoms with Crippen LogP contribution in [-0.4, -0.2) is 119 Å². The van der Waals surface area contributed by atoms with Crippen molar-refractivity contribution in [3.63, 3.8) is 0 Å². The molecule has 0 saturated carbocycles. The van der Waals surface area contributed by atoms with Gasteiger partial charge in [0, 0.05) is 36.7 Å². The van der Waals surface area contributed by atoms with Gasteiger partial charge in [0.1, 0.15) is 49.6 Å². The van der Waals surface area contributed by atoms with Crippen LogP contribution >= 0.6 is 0 Å². The second-order valence-electron chi connectivity index (χ2n) is 9.04. The molecule has 3 rings (SSSR count). The van der Waals surface area contributed by atoms with E-state index in [2.05, 4.69) is 5.32 Å². The molecule has 0 unspecified atom stereocenters. The van der Waals surface area contributed by atoms with E-state index in [0.717, 1.165) is 17.1 Å². The Balaban J connectivity index is 1.52. The van der Waals surface area contributed by atoms with Crippen LogP contribution in [-0.2, 0) is 44.8 Å². The van der Waals surface area contributed by atoms with E-state index in [1.165, 1.54) is 18.2 Å². The molecule has 5 N–H and O–H groups in total. The molecule has 0 aliphatic carbocycles. The van der Waals surface area contributed by atoms with Crippen LogP contribution in [0.1, 0.15) is 18.9 Å². The molecular formula is C26H32N2O14. The summed E-state index contributed by atoms with van der Waals surface area (Å²) in [5.74, 6) is -3.44. The lowest BCUT2D eigenvalue weighted by Crippen LogP contribution is -2.61. The van der Waals surface area contributed by atoms with E-state index in [9.17, 15) is 44.4 Å². The molecule has 2 heterocycles. The Morgan fingerprint density at radius 2 is 1.71 bits per heavy atom. The molecule has 0 spiro atoms. The number of carboxylic acid groups (broad SMARTS) is 1. The number of rotatable bonds is 15. The molecule has 16 heteroatoms. The maximum Gasteiger partial charge on any atom is 0.335 e. The fraction of sp³-hybridized carbons (Fsp3) is 0.500. The van der Waals surface area contributed by atoms with Crippen LogP contribution in [0.5, 0.6) is 11.5 Å². The zero-order chi connectivity index (χ0) is 30.8. The molecule has 5 atom stereocenters. The minimum absolute atomic E-state index is 0.00310. The van der Waals surface area contributed by atoms with Crippen molar-refractivity contribution in [2.24, 2.45) is 0 Å². The Morgan fingerprint density at radius 3 is 2.38 bits per heavy atom. The zero-order valence-electron chi connectivity index (χ0n) is 22.5. The molecule has 16 nitrogen and oxygen atoms in total. The summed E-state index contributed by atoms with van der Waals surface area (Å²) < 4.78 is 27.0. The lowest BCUT2D eigenvalue weighted by atomic mass is 9.99. The molecule has 0 aromatic heterocycles. The number of aliphatic hydroxyl groups excluding tert-OH is 3. The summed E-state index contributed by atoms with van der Waals surface area (Å²) in [6, 6.07) is 4.29. The second-order valence-corrected chi connectivity index (χ2v) is 9.04. The van der Waals surface area contributed by atoms with E-state index >= 15 is 0 Å². The van der Waals surface area contributed by atoms with Gasteiger partial charge in [-0.2, -0.15) is 0 Å². The molecule has 2 aliphatic rings. The Bertz CT molecular complexity index is 1170. The minimum Gasteiger partial charge on any atom is -0.491 e. The van der Waals surface area contributed by atoms with Crippen LogP contribution in [0, 0.1) is 0 Å². The number of carbonyl (C=O) groups is 5. The highest BCUT2D eigenvalue weighted by Crippen LogP contribution is 2.29. The number of nitrogens with zero attached hydrogens (tertiary/aromatic N) is 1. The average Bonchev–Trinajstić information content (AvgIpc) is 3.28. The fourth-order valence-electron chi connectivity index (χ4n) is 3.77. The van der Waals surface area contributed by atoms with Crippen molar-refractivity contribution >= 4 is 29.7 Å². The summed E-state index contributed by atoms with van der Waals surface area (Å²) in [6.45, 7) is 1.35. The van der Waals surface area contributed by atoms with Crippen LogP contribution in [0.25, 0.3) is 0 Å². The van der Waals surface area contributed by atoms with Crippen molar-refractivity contribution in [3.8, 4) is 11.5 Å². The van der Waals surface area contributed by atoms with Gasteiger partial charge in [-0.05, 0) is 12.1 Å². The van der Waals surface area contributed by atoms with E-state index < -0.39 is 66.9 Å². The van der Waals surface area contributed by atoms with Gasteiger partial charge >= 0.3 is 11.9 Å². The first kappa shape index (κ1) is 32.4. The summed E-state index contributed by atoms with van der Waals surface area (Å²) in [7, 11) is 0. The second kappa shape index (κ2) is 15.2. The van der Waals surface area contributed by atoms with Crippen molar-refractivity contribution in [3.05, 3.63) is 35.9 Å². The maximum absolute atomic E-state index is 11.9. The van der Waals surface area contributed by atoms with Crippen molar-refractivity contribution in [2.75, 3.05) is 32.9 Å². The van der Waals surface area contributed by atoms with Gasteiger partial charge in [0.15, 0.2) is 6.10 Å². The summed E-state index contributed by atoms with van der Waals surface area (Å²) >= 11 is 0. The smallest absolute Gasteiger partial charge is 0.335 e. The van der Waals surface area contributed by atoms with E-state index in [1.54, 1.807) is 6.92 Å². The quantitative estimate of drug-likeness (QED) is 0.0826. The lowest BCUT2D eigenvalue weighted by molar-refractivity contribution is -0.271. The Hall–Kier alpha value is -4.09. The van der Waals surface area contributed by atoms with Crippen molar-refractivity contribution < 1.29 is 68.1 Å². The minimum atomic E-state index is -1.88. The Morgan fingerprint density at radius 1 is 1.00 bits per heavy atom. The predicted molar refractivity (Wildman–Crippen MR) is 137 cm³/mol. The van der Waals surface area contributed by atoms with Gasteiger partial charge in [-0.1, -0.05) is 6.92 Å². The van der Waals surface area contributed by atoms with Gasteiger partial charge in [-0.3, -0.25) is 24.1 Å². The topological polar surface area (TPSA) is 228 Å². The van der Waals surface area contributed by atoms with Gasteiger partial charge in [-0.25, -0.2) is 4.79 Å². The molecule has 0 radical (unpaired) electrons. The van der Waals surface area contributed by atoms with Gasteiger partial charge in [0.25, 0.3) is 11.8 Å². The highest BCUT2D eigenvalue weighted by atomic mass is 16.7. The number of aliphatic carboxylic acids is 1. The van der Waals surface area contributed by atoms with Gasteiger partial charge < -0.3 is 49.4 Å². The summed E-state index contributed by atoms with van der Waals surface area (Å²) in [5, 5.41) is 41.8. The third-order valence-electron chi connectivity index (χ3n) is 6.04. The monoisotopic (exact) mass is 596 g/mol. The number of amides is 3. The van der Waals surface area contributed by atoms with Gasteiger partial charge in [0.05, 0.1) is 13.2 Å². The third kappa shape index (κ3) is 8.70. The molecule has 1 aromatic rings. The molecule has 2 aliphatic heterocycles. The molecule has 42 heavy (non-hydrogen) atoms. The normalized spacial score (nSPS) is 23.5. The summed E-state index contributed by atoms with van der Waals surface area (Å²) in [4.78, 5) is 58.7. The number of aliphatic hydroxyl groups is 3. The molecule has 1 saturated heterocycles.